The zero-order valence-electron chi connectivity index (χ0n) is 18.0. The third kappa shape index (κ3) is 2.07. The van der Waals surface area contributed by atoms with Crippen molar-refractivity contribution in [2.45, 2.75) is 12.3 Å². The molecule has 0 amide bonds. The van der Waals surface area contributed by atoms with E-state index in [4.69, 9.17) is 0 Å². The van der Waals surface area contributed by atoms with E-state index in [0.29, 0.717) is 0 Å². The van der Waals surface area contributed by atoms with Crippen molar-refractivity contribution in [3.63, 3.8) is 0 Å². The lowest BCUT2D eigenvalue weighted by Gasteiger charge is -2.30. The molecule has 0 unspecified atom stereocenters. The van der Waals surface area contributed by atoms with Gasteiger partial charge in [-0.05, 0) is 74.2 Å². The zero-order valence-corrected chi connectivity index (χ0v) is 18.0. The summed E-state index contributed by atoms with van der Waals surface area (Å²) in [7, 11) is 0. The number of hydrogen-bond acceptors (Lipinski definition) is 0. The monoisotopic (exact) mass is 406 g/mol. The molecule has 5 aromatic rings. The Kier molecular flexibility index (Phi) is 3.50. The van der Waals surface area contributed by atoms with Crippen LogP contribution >= 0.6 is 0 Å². The molecule has 0 bridgehead atoms. The second-order valence-electron chi connectivity index (χ2n) is 8.96. The van der Waals surface area contributed by atoms with E-state index < -0.39 is 0 Å². The standard InChI is InChI=1S/C32H22/c1-21-10-2-3-11-23(21)22-18-19-27-26-14-6-9-17-30(26)32(31(27)20-22)28-15-7-4-12-24(28)25-13-5-8-16-29(25)32/h2-20H,1H3. The topological polar surface area (TPSA) is 0 Å². The summed E-state index contributed by atoms with van der Waals surface area (Å²) in [6, 6.07) is 42.7. The van der Waals surface area contributed by atoms with Crippen LogP contribution in [-0.2, 0) is 5.41 Å². The maximum atomic E-state index is 2.45. The van der Waals surface area contributed by atoms with Crippen LogP contribution in [0.3, 0.4) is 0 Å². The second kappa shape index (κ2) is 6.31. The van der Waals surface area contributed by atoms with Gasteiger partial charge in [0.2, 0.25) is 0 Å². The van der Waals surface area contributed by atoms with Gasteiger partial charge in [0.15, 0.2) is 0 Å². The lowest BCUT2D eigenvalue weighted by molar-refractivity contribution is 0.794. The molecule has 150 valence electrons. The summed E-state index contributed by atoms with van der Waals surface area (Å²) in [6.07, 6.45) is 0. The van der Waals surface area contributed by atoms with E-state index in [2.05, 4.69) is 122 Å². The maximum Gasteiger partial charge on any atom is 0.0725 e. The average molecular weight is 407 g/mol. The van der Waals surface area contributed by atoms with Crippen molar-refractivity contribution >= 4 is 0 Å². The van der Waals surface area contributed by atoms with Gasteiger partial charge in [0.25, 0.3) is 0 Å². The van der Waals surface area contributed by atoms with E-state index in [-0.39, 0.29) is 5.41 Å². The van der Waals surface area contributed by atoms with Crippen LogP contribution in [0.1, 0.15) is 27.8 Å². The molecule has 5 aromatic carbocycles. The number of rotatable bonds is 1. The summed E-state index contributed by atoms with van der Waals surface area (Å²) in [5.41, 5.74) is 14.6. The highest BCUT2D eigenvalue weighted by Crippen LogP contribution is 2.62. The van der Waals surface area contributed by atoms with Gasteiger partial charge in [-0.25, -0.2) is 0 Å². The molecule has 0 atom stereocenters. The third-order valence-corrected chi connectivity index (χ3v) is 7.45. The minimum Gasteiger partial charge on any atom is -0.0620 e. The van der Waals surface area contributed by atoms with Gasteiger partial charge in [-0.15, -0.1) is 0 Å². The summed E-state index contributed by atoms with van der Waals surface area (Å²) in [4.78, 5) is 0. The van der Waals surface area contributed by atoms with Crippen LogP contribution in [-0.4, -0.2) is 0 Å². The largest absolute Gasteiger partial charge is 0.0725 e. The van der Waals surface area contributed by atoms with Crippen LogP contribution in [0.15, 0.2) is 115 Å². The van der Waals surface area contributed by atoms with Crippen molar-refractivity contribution in [2.24, 2.45) is 0 Å². The Balaban J connectivity index is 1.64. The van der Waals surface area contributed by atoms with E-state index in [1.54, 1.807) is 0 Å². The van der Waals surface area contributed by atoms with Crippen LogP contribution in [0.2, 0.25) is 0 Å². The Bertz CT molecular complexity index is 1470. The molecular weight excluding hydrogens is 384 g/mol. The van der Waals surface area contributed by atoms with Gasteiger partial charge >= 0.3 is 0 Å². The van der Waals surface area contributed by atoms with Crippen molar-refractivity contribution in [3.05, 3.63) is 143 Å². The smallest absolute Gasteiger partial charge is 0.0620 e. The Morgan fingerprint density at radius 1 is 0.406 bits per heavy atom. The molecule has 0 aromatic heterocycles. The molecule has 0 fully saturated rings. The van der Waals surface area contributed by atoms with Crippen LogP contribution in [0.4, 0.5) is 0 Å². The molecule has 0 radical (unpaired) electrons. The van der Waals surface area contributed by atoms with Crippen LogP contribution in [0.25, 0.3) is 33.4 Å². The first-order valence-electron chi connectivity index (χ1n) is 11.3. The normalized spacial score (nSPS) is 14.0. The Labute approximate surface area is 188 Å². The first-order chi connectivity index (χ1) is 15.8. The van der Waals surface area contributed by atoms with Crippen molar-refractivity contribution < 1.29 is 0 Å². The molecule has 2 aliphatic carbocycles. The maximum absolute atomic E-state index is 2.45. The Morgan fingerprint density at radius 2 is 0.844 bits per heavy atom. The zero-order chi connectivity index (χ0) is 21.3. The molecular formula is C32H22. The Morgan fingerprint density at radius 3 is 1.38 bits per heavy atom. The minimum absolute atomic E-state index is 0.266. The van der Waals surface area contributed by atoms with Crippen LogP contribution in [0.5, 0.6) is 0 Å². The van der Waals surface area contributed by atoms with Gasteiger partial charge in [0, 0.05) is 0 Å². The molecule has 0 nitrogen and oxygen atoms in total. The lowest BCUT2D eigenvalue weighted by Crippen LogP contribution is -2.25. The number of fused-ring (bicyclic) bond motifs is 10. The van der Waals surface area contributed by atoms with Gasteiger partial charge in [-0.1, -0.05) is 109 Å². The molecule has 1 spiro atoms. The summed E-state index contributed by atoms with van der Waals surface area (Å²) in [5, 5.41) is 0. The first-order valence-corrected chi connectivity index (χ1v) is 11.3. The highest BCUT2D eigenvalue weighted by molar-refractivity contribution is 5.95. The average Bonchev–Trinajstić information content (AvgIpc) is 3.31. The van der Waals surface area contributed by atoms with Crippen molar-refractivity contribution in [1.82, 2.24) is 0 Å². The lowest BCUT2D eigenvalue weighted by atomic mass is 9.70. The van der Waals surface area contributed by atoms with Gasteiger partial charge in [-0.2, -0.15) is 0 Å². The summed E-state index contributed by atoms with van der Waals surface area (Å²) in [6.45, 7) is 2.20. The van der Waals surface area contributed by atoms with E-state index in [1.807, 2.05) is 0 Å². The predicted molar refractivity (Wildman–Crippen MR) is 133 cm³/mol. The van der Waals surface area contributed by atoms with Crippen molar-refractivity contribution in [1.29, 1.82) is 0 Å². The predicted octanol–water partition coefficient (Wildman–Crippen LogP) is 8.01. The third-order valence-electron chi connectivity index (χ3n) is 7.45. The van der Waals surface area contributed by atoms with E-state index >= 15 is 0 Å². The highest BCUT2D eigenvalue weighted by Gasteiger charge is 2.51. The fraction of sp³-hybridized carbons (Fsp3) is 0.0625. The summed E-state index contributed by atoms with van der Waals surface area (Å²) in [5.74, 6) is 0. The quantitative estimate of drug-likeness (QED) is 0.259. The second-order valence-corrected chi connectivity index (χ2v) is 8.96. The van der Waals surface area contributed by atoms with Crippen LogP contribution in [0, 0.1) is 6.92 Å². The van der Waals surface area contributed by atoms with Crippen molar-refractivity contribution in [3.8, 4) is 33.4 Å². The van der Waals surface area contributed by atoms with E-state index in [9.17, 15) is 0 Å². The molecule has 0 heterocycles. The fourth-order valence-corrected chi connectivity index (χ4v) is 6.16. The van der Waals surface area contributed by atoms with E-state index in [1.165, 1.54) is 61.2 Å². The molecule has 0 N–H and O–H groups in total. The molecule has 0 heteroatoms. The van der Waals surface area contributed by atoms with Gasteiger partial charge in [0.1, 0.15) is 0 Å². The molecule has 7 rings (SSSR count). The number of benzene rings is 5. The SMILES string of the molecule is Cc1ccccc1-c1ccc2c(c1)C1(c3ccccc3-c3ccccc31)c1ccccc1-2. The van der Waals surface area contributed by atoms with E-state index in [0.717, 1.165) is 0 Å². The molecule has 0 aliphatic heterocycles. The highest BCUT2D eigenvalue weighted by atomic mass is 14.5. The van der Waals surface area contributed by atoms with Crippen LogP contribution < -0.4 is 0 Å². The first kappa shape index (κ1) is 17.7. The summed E-state index contributed by atoms with van der Waals surface area (Å²) < 4.78 is 0. The number of aryl methyl sites for hydroxylation is 1. The van der Waals surface area contributed by atoms with Gasteiger partial charge in [0.05, 0.1) is 5.41 Å². The van der Waals surface area contributed by atoms with Gasteiger partial charge in [-0.3, -0.25) is 0 Å². The Hall–Kier alpha value is -3.90. The molecule has 32 heavy (non-hydrogen) atoms. The molecule has 2 aliphatic rings. The number of hydrogen-bond donors (Lipinski definition) is 0. The van der Waals surface area contributed by atoms with Gasteiger partial charge < -0.3 is 0 Å². The summed E-state index contributed by atoms with van der Waals surface area (Å²) >= 11 is 0. The fourth-order valence-electron chi connectivity index (χ4n) is 6.16. The minimum atomic E-state index is -0.266. The molecule has 0 saturated heterocycles. The van der Waals surface area contributed by atoms with Crippen molar-refractivity contribution in [2.75, 3.05) is 0 Å². The molecule has 0 saturated carbocycles.